The van der Waals surface area contributed by atoms with Gasteiger partial charge in [-0.1, -0.05) is 13.8 Å². The average Bonchev–Trinajstić information content (AvgIpc) is 2.69. The molecule has 1 fully saturated rings. The first-order chi connectivity index (χ1) is 8.91. The molecule has 0 aliphatic carbocycles. The average molecular weight is 280 g/mol. The van der Waals surface area contributed by atoms with Gasteiger partial charge in [0.1, 0.15) is 5.92 Å². The van der Waals surface area contributed by atoms with Crippen molar-refractivity contribution in [2.45, 2.75) is 27.3 Å². The molecular formula is C13H16N2O3S. The molecule has 4 amide bonds. The van der Waals surface area contributed by atoms with Crippen molar-refractivity contribution in [3.05, 3.63) is 21.9 Å². The van der Waals surface area contributed by atoms with Gasteiger partial charge in [0.15, 0.2) is 0 Å². The second-order valence-corrected chi connectivity index (χ2v) is 5.76. The van der Waals surface area contributed by atoms with E-state index in [0.717, 1.165) is 16.0 Å². The third-order valence-corrected chi connectivity index (χ3v) is 4.16. The lowest BCUT2D eigenvalue weighted by Gasteiger charge is -2.31. The smallest absolute Gasteiger partial charge is 0.277 e. The quantitative estimate of drug-likeness (QED) is 0.860. The number of urea groups is 1. The van der Waals surface area contributed by atoms with Crippen molar-refractivity contribution in [3.8, 4) is 0 Å². The summed E-state index contributed by atoms with van der Waals surface area (Å²) in [4.78, 5) is 36.9. The van der Waals surface area contributed by atoms with Gasteiger partial charge in [0.2, 0.25) is 11.8 Å². The van der Waals surface area contributed by atoms with E-state index in [4.69, 9.17) is 0 Å². The van der Waals surface area contributed by atoms with Crippen molar-refractivity contribution < 1.29 is 14.4 Å². The number of thiophene rings is 1. The van der Waals surface area contributed by atoms with Gasteiger partial charge in [-0.15, -0.1) is 0 Å². The van der Waals surface area contributed by atoms with Gasteiger partial charge in [-0.2, -0.15) is 11.3 Å². The first-order valence-corrected chi connectivity index (χ1v) is 7.04. The van der Waals surface area contributed by atoms with Crippen LogP contribution in [0.15, 0.2) is 10.8 Å². The van der Waals surface area contributed by atoms with E-state index in [1.165, 1.54) is 11.3 Å². The van der Waals surface area contributed by atoms with Crippen LogP contribution in [0.25, 0.3) is 0 Å². The molecule has 1 aromatic rings. The molecule has 1 aliphatic heterocycles. The summed E-state index contributed by atoms with van der Waals surface area (Å²) in [7, 11) is 0. The number of nitrogens with zero attached hydrogens (tertiary/aromatic N) is 1. The Labute approximate surface area is 115 Å². The fourth-order valence-electron chi connectivity index (χ4n) is 2.09. The molecular weight excluding hydrogens is 264 g/mol. The van der Waals surface area contributed by atoms with Gasteiger partial charge in [-0.25, -0.2) is 4.79 Å². The Bertz CT molecular complexity index is 536. The van der Waals surface area contributed by atoms with Crippen LogP contribution in [0.5, 0.6) is 0 Å². The van der Waals surface area contributed by atoms with Crippen LogP contribution in [-0.2, 0) is 16.1 Å². The molecule has 0 radical (unpaired) electrons. The summed E-state index contributed by atoms with van der Waals surface area (Å²) in [6.07, 6.45) is 0. The Balaban J connectivity index is 2.24. The van der Waals surface area contributed by atoms with E-state index >= 15 is 0 Å². The van der Waals surface area contributed by atoms with Crippen LogP contribution in [0.3, 0.4) is 0 Å². The summed E-state index contributed by atoms with van der Waals surface area (Å²) in [5, 5.41) is 6.13. The van der Waals surface area contributed by atoms with Crippen LogP contribution >= 0.6 is 11.3 Å². The fraction of sp³-hybridized carbons (Fsp3) is 0.462. The number of aryl methyl sites for hydroxylation is 1. The molecule has 0 spiro atoms. The third kappa shape index (κ3) is 2.53. The van der Waals surface area contributed by atoms with E-state index in [1.807, 2.05) is 17.7 Å². The van der Waals surface area contributed by atoms with Crippen LogP contribution in [0, 0.1) is 18.8 Å². The number of hydrogen-bond acceptors (Lipinski definition) is 4. The molecule has 1 unspecified atom stereocenters. The minimum absolute atomic E-state index is 0.133. The second kappa shape index (κ2) is 5.13. The van der Waals surface area contributed by atoms with Gasteiger partial charge in [0.25, 0.3) is 0 Å². The summed E-state index contributed by atoms with van der Waals surface area (Å²) in [5.74, 6) is -1.82. The summed E-state index contributed by atoms with van der Waals surface area (Å²) >= 11 is 1.53. The Kier molecular flexibility index (Phi) is 3.71. The Morgan fingerprint density at radius 1 is 1.32 bits per heavy atom. The Hall–Kier alpha value is -1.69. The number of nitrogens with one attached hydrogen (secondary N) is 1. The maximum Gasteiger partial charge on any atom is 0.331 e. The van der Waals surface area contributed by atoms with E-state index in [0.29, 0.717) is 0 Å². The number of hydrogen-bond donors (Lipinski definition) is 1. The zero-order chi connectivity index (χ0) is 14.2. The van der Waals surface area contributed by atoms with Crippen LogP contribution in [0.4, 0.5) is 4.79 Å². The standard InChI is InChI=1S/C13H16N2O3S/c1-7(2)10-11(16)14-13(18)15(12(10)17)4-9-6-19-5-8(9)3/h5-7,10H,4H2,1-3H3,(H,14,16,18). The monoisotopic (exact) mass is 280 g/mol. The van der Waals surface area contributed by atoms with E-state index in [-0.39, 0.29) is 12.5 Å². The molecule has 0 saturated carbocycles. The molecule has 1 saturated heterocycles. The SMILES string of the molecule is Cc1cscc1CN1C(=O)NC(=O)C(C(C)C)C1=O. The summed E-state index contributed by atoms with van der Waals surface area (Å²) in [6.45, 7) is 5.75. The van der Waals surface area contributed by atoms with Gasteiger partial charge < -0.3 is 0 Å². The highest BCUT2D eigenvalue weighted by atomic mass is 32.1. The number of carbonyl (C=O) groups excluding carboxylic acids is 3. The molecule has 0 aromatic carbocycles. The lowest BCUT2D eigenvalue weighted by molar-refractivity contribution is -0.144. The zero-order valence-electron chi connectivity index (χ0n) is 11.1. The Morgan fingerprint density at radius 3 is 2.53 bits per heavy atom. The minimum atomic E-state index is -0.781. The normalized spacial score (nSPS) is 20.1. The van der Waals surface area contributed by atoms with Crippen molar-refractivity contribution in [1.29, 1.82) is 0 Å². The van der Waals surface area contributed by atoms with Crippen molar-refractivity contribution in [1.82, 2.24) is 10.2 Å². The van der Waals surface area contributed by atoms with E-state index in [2.05, 4.69) is 5.32 Å². The molecule has 1 aromatic heterocycles. The number of carbonyl (C=O) groups is 3. The first kappa shape index (κ1) is 13.7. The first-order valence-electron chi connectivity index (χ1n) is 6.09. The number of amides is 4. The lowest BCUT2D eigenvalue weighted by atomic mass is 9.92. The second-order valence-electron chi connectivity index (χ2n) is 5.02. The van der Waals surface area contributed by atoms with Gasteiger partial charge >= 0.3 is 6.03 Å². The number of rotatable bonds is 3. The fourth-order valence-corrected chi connectivity index (χ4v) is 2.94. The Morgan fingerprint density at radius 2 is 2.00 bits per heavy atom. The van der Waals surface area contributed by atoms with Crippen LogP contribution in [-0.4, -0.2) is 22.7 Å². The van der Waals surface area contributed by atoms with Gasteiger partial charge in [0, 0.05) is 0 Å². The van der Waals surface area contributed by atoms with E-state index in [1.54, 1.807) is 13.8 Å². The van der Waals surface area contributed by atoms with Crippen molar-refractivity contribution in [2.24, 2.45) is 11.8 Å². The molecule has 102 valence electrons. The van der Waals surface area contributed by atoms with Crippen molar-refractivity contribution >= 4 is 29.2 Å². The summed E-state index contributed by atoms with van der Waals surface area (Å²) < 4.78 is 0. The molecule has 5 nitrogen and oxygen atoms in total. The maximum atomic E-state index is 12.3. The largest absolute Gasteiger partial charge is 0.331 e. The maximum absolute atomic E-state index is 12.3. The zero-order valence-corrected chi connectivity index (χ0v) is 11.9. The minimum Gasteiger partial charge on any atom is -0.277 e. The van der Waals surface area contributed by atoms with E-state index in [9.17, 15) is 14.4 Å². The molecule has 0 bridgehead atoms. The van der Waals surface area contributed by atoms with Crippen LogP contribution in [0.2, 0.25) is 0 Å². The van der Waals surface area contributed by atoms with Crippen molar-refractivity contribution in [3.63, 3.8) is 0 Å². The summed E-state index contributed by atoms with van der Waals surface area (Å²) in [6, 6.07) is -0.627. The predicted molar refractivity (Wildman–Crippen MR) is 71.5 cm³/mol. The molecule has 1 N–H and O–H groups in total. The molecule has 2 heterocycles. The highest BCUT2D eigenvalue weighted by Crippen LogP contribution is 2.22. The molecule has 1 atom stereocenters. The lowest BCUT2D eigenvalue weighted by Crippen LogP contribution is -2.58. The van der Waals surface area contributed by atoms with Gasteiger partial charge in [0.05, 0.1) is 6.54 Å². The molecule has 2 rings (SSSR count). The van der Waals surface area contributed by atoms with Gasteiger partial charge in [-0.3, -0.25) is 19.8 Å². The number of barbiturate groups is 1. The molecule has 6 heteroatoms. The van der Waals surface area contributed by atoms with Crippen molar-refractivity contribution in [2.75, 3.05) is 0 Å². The van der Waals surface area contributed by atoms with Gasteiger partial charge in [-0.05, 0) is 34.7 Å². The third-order valence-electron chi connectivity index (χ3n) is 3.25. The highest BCUT2D eigenvalue weighted by Gasteiger charge is 2.41. The highest BCUT2D eigenvalue weighted by molar-refractivity contribution is 7.08. The summed E-state index contributed by atoms with van der Waals surface area (Å²) in [5.41, 5.74) is 1.98. The van der Waals surface area contributed by atoms with E-state index < -0.39 is 23.8 Å². The predicted octanol–water partition coefficient (Wildman–Crippen LogP) is 1.91. The van der Waals surface area contributed by atoms with Crippen LogP contribution in [0.1, 0.15) is 25.0 Å². The number of imide groups is 2. The topological polar surface area (TPSA) is 66.5 Å². The van der Waals surface area contributed by atoms with Crippen LogP contribution < -0.4 is 5.32 Å². The molecule has 19 heavy (non-hydrogen) atoms. The molecule has 1 aliphatic rings.